The van der Waals surface area contributed by atoms with Crippen LogP contribution in [-0.2, 0) is 8.85 Å². The molecule has 0 fully saturated rings. The molecule has 1 N–H and O–H groups in total. The molecule has 0 aliphatic rings. The standard InChI is InChI=1S/C11H26O3Si/c1-4-5-6-7-8-9-10-11-15(12,13-2)14-3/h12H,4-11H2,1-3H3. The minimum Gasteiger partial charge on any atom is -0.390 e. The van der Waals surface area contributed by atoms with Crippen LogP contribution in [0.2, 0.25) is 6.04 Å². The van der Waals surface area contributed by atoms with E-state index < -0.39 is 8.80 Å². The first kappa shape index (κ1) is 15.1. The van der Waals surface area contributed by atoms with Crippen molar-refractivity contribution >= 4 is 8.80 Å². The molecule has 0 heterocycles. The smallest absolute Gasteiger partial charge is 0.390 e. The number of hydrogen-bond donors (Lipinski definition) is 1. The molecule has 15 heavy (non-hydrogen) atoms. The van der Waals surface area contributed by atoms with Crippen molar-refractivity contribution in [2.45, 2.75) is 57.9 Å². The summed E-state index contributed by atoms with van der Waals surface area (Å²) in [7, 11) is 0.277. The van der Waals surface area contributed by atoms with Crippen LogP contribution >= 0.6 is 0 Å². The van der Waals surface area contributed by atoms with E-state index in [9.17, 15) is 4.80 Å². The lowest BCUT2D eigenvalue weighted by Crippen LogP contribution is -2.39. The fourth-order valence-corrected chi connectivity index (χ4v) is 2.86. The Morgan fingerprint density at radius 1 is 0.867 bits per heavy atom. The van der Waals surface area contributed by atoms with Crippen LogP contribution in [0, 0.1) is 0 Å². The van der Waals surface area contributed by atoms with Crippen LogP contribution in [0.4, 0.5) is 0 Å². The van der Waals surface area contributed by atoms with Gasteiger partial charge in [-0.1, -0.05) is 45.4 Å². The molecule has 0 aliphatic heterocycles. The van der Waals surface area contributed by atoms with Gasteiger partial charge >= 0.3 is 8.80 Å². The number of rotatable bonds is 10. The average Bonchev–Trinajstić information content (AvgIpc) is 2.27. The highest BCUT2D eigenvalue weighted by molar-refractivity contribution is 6.59. The monoisotopic (exact) mass is 234 g/mol. The SMILES string of the molecule is CCCCCCCCC[Si](O)(OC)OC. The second-order valence-corrected chi connectivity index (χ2v) is 6.73. The molecule has 0 aromatic carbocycles. The lowest BCUT2D eigenvalue weighted by Gasteiger charge is -2.19. The van der Waals surface area contributed by atoms with Crippen molar-refractivity contribution in [2.75, 3.05) is 14.2 Å². The van der Waals surface area contributed by atoms with Gasteiger partial charge in [-0.05, 0) is 6.42 Å². The quantitative estimate of drug-likeness (QED) is 0.466. The summed E-state index contributed by atoms with van der Waals surface area (Å²) >= 11 is 0. The van der Waals surface area contributed by atoms with Crippen LogP contribution in [0.25, 0.3) is 0 Å². The van der Waals surface area contributed by atoms with Gasteiger partial charge in [-0.25, -0.2) is 0 Å². The molecular formula is C11H26O3Si. The Kier molecular flexibility index (Phi) is 9.39. The number of unbranched alkanes of at least 4 members (excludes halogenated alkanes) is 6. The van der Waals surface area contributed by atoms with E-state index in [1.54, 1.807) is 0 Å². The van der Waals surface area contributed by atoms with Crippen LogP contribution in [0.15, 0.2) is 0 Å². The summed E-state index contributed by atoms with van der Waals surface area (Å²) in [4.78, 5) is 9.76. The molecule has 3 nitrogen and oxygen atoms in total. The van der Waals surface area contributed by atoms with Crippen molar-refractivity contribution in [3.8, 4) is 0 Å². The molecule has 0 amide bonds. The van der Waals surface area contributed by atoms with Gasteiger partial charge in [0.1, 0.15) is 0 Å². The Morgan fingerprint density at radius 3 is 1.80 bits per heavy atom. The van der Waals surface area contributed by atoms with Gasteiger partial charge in [0, 0.05) is 20.3 Å². The van der Waals surface area contributed by atoms with Crippen molar-refractivity contribution in [3.63, 3.8) is 0 Å². The van der Waals surface area contributed by atoms with Crippen LogP contribution in [0.3, 0.4) is 0 Å². The lowest BCUT2D eigenvalue weighted by molar-refractivity contribution is 0.150. The Hall–Kier alpha value is 0.0969. The third-order valence-corrected chi connectivity index (χ3v) is 5.00. The average molecular weight is 234 g/mol. The zero-order chi connectivity index (χ0) is 11.6. The third-order valence-electron chi connectivity index (χ3n) is 2.73. The highest BCUT2D eigenvalue weighted by atomic mass is 28.4. The molecule has 0 bridgehead atoms. The zero-order valence-corrected chi connectivity index (χ0v) is 11.4. The molecule has 0 radical (unpaired) electrons. The summed E-state index contributed by atoms with van der Waals surface area (Å²) in [5, 5.41) is 0. The predicted octanol–water partition coefficient (Wildman–Crippen LogP) is 2.96. The third kappa shape index (κ3) is 7.96. The highest BCUT2D eigenvalue weighted by Crippen LogP contribution is 2.15. The van der Waals surface area contributed by atoms with Crippen molar-refractivity contribution in [1.29, 1.82) is 0 Å². The maximum absolute atomic E-state index is 9.76. The van der Waals surface area contributed by atoms with Gasteiger partial charge in [0.15, 0.2) is 0 Å². The minimum atomic E-state index is -2.77. The van der Waals surface area contributed by atoms with Gasteiger partial charge in [0.05, 0.1) is 0 Å². The van der Waals surface area contributed by atoms with E-state index >= 15 is 0 Å². The number of hydrogen-bond acceptors (Lipinski definition) is 3. The van der Waals surface area contributed by atoms with Crippen molar-refractivity contribution < 1.29 is 13.6 Å². The van der Waals surface area contributed by atoms with Crippen LogP contribution in [-0.4, -0.2) is 27.8 Å². The van der Waals surface area contributed by atoms with Gasteiger partial charge in [0.25, 0.3) is 0 Å². The fourth-order valence-electron chi connectivity index (χ4n) is 1.59. The van der Waals surface area contributed by atoms with Gasteiger partial charge in [-0.15, -0.1) is 0 Å². The Balaban J connectivity index is 3.29. The minimum absolute atomic E-state index is 0.688. The second kappa shape index (κ2) is 9.33. The van der Waals surface area contributed by atoms with Crippen molar-refractivity contribution in [3.05, 3.63) is 0 Å². The Bertz CT molecular complexity index is 138. The molecule has 4 heteroatoms. The van der Waals surface area contributed by atoms with E-state index in [-0.39, 0.29) is 0 Å². The van der Waals surface area contributed by atoms with Crippen LogP contribution in [0.5, 0.6) is 0 Å². The Morgan fingerprint density at radius 2 is 1.33 bits per heavy atom. The van der Waals surface area contributed by atoms with E-state index in [1.165, 1.54) is 52.7 Å². The molecule has 0 spiro atoms. The van der Waals surface area contributed by atoms with E-state index in [1.807, 2.05) is 0 Å². The summed E-state index contributed by atoms with van der Waals surface area (Å²) in [6.45, 7) is 2.23. The largest absolute Gasteiger partial charge is 0.497 e. The molecule has 0 aromatic rings. The zero-order valence-electron chi connectivity index (χ0n) is 10.4. The molecule has 0 atom stereocenters. The first-order valence-electron chi connectivity index (χ1n) is 6.01. The summed E-state index contributed by atoms with van der Waals surface area (Å²) < 4.78 is 10.0. The van der Waals surface area contributed by atoms with Crippen molar-refractivity contribution in [2.24, 2.45) is 0 Å². The maximum atomic E-state index is 9.76. The summed E-state index contributed by atoms with van der Waals surface area (Å²) in [6, 6.07) is 0.688. The van der Waals surface area contributed by atoms with Gasteiger partial charge in [-0.2, -0.15) is 0 Å². The summed E-state index contributed by atoms with van der Waals surface area (Å²) in [6.07, 6.45) is 8.73. The molecule has 0 unspecified atom stereocenters. The van der Waals surface area contributed by atoms with Crippen LogP contribution < -0.4 is 0 Å². The topological polar surface area (TPSA) is 38.7 Å². The predicted molar refractivity (Wildman–Crippen MR) is 64.8 cm³/mol. The van der Waals surface area contributed by atoms with Crippen LogP contribution in [0.1, 0.15) is 51.9 Å². The lowest BCUT2D eigenvalue weighted by atomic mass is 10.1. The normalized spacial score (nSPS) is 12.0. The molecular weight excluding hydrogens is 208 g/mol. The second-order valence-electron chi connectivity index (χ2n) is 3.99. The van der Waals surface area contributed by atoms with Crippen molar-refractivity contribution in [1.82, 2.24) is 0 Å². The van der Waals surface area contributed by atoms with E-state index in [4.69, 9.17) is 8.85 Å². The highest BCUT2D eigenvalue weighted by Gasteiger charge is 2.32. The first-order valence-corrected chi connectivity index (χ1v) is 7.98. The fraction of sp³-hybridized carbons (Fsp3) is 1.00. The van der Waals surface area contributed by atoms with E-state index in [2.05, 4.69) is 6.92 Å². The molecule has 0 aromatic heterocycles. The molecule has 0 saturated carbocycles. The Labute approximate surface area is 95.2 Å². The molecule has 92 valence electrons. The van der Waals surface area contributed by atoms with Gasteiger partial charge in [0.2, 0.25) is 0 Å². The first-order chi connectivity index (χ1) is 7.18. The van der Waals surface area contributed by atoms with Gasteiger partial charge in [-0.3, -0.25) is 0 Å². The van der Waals surface area contributed by atoms with E-state index in [0.29, 0.717) is 6.04 Å². The molecule has 0 saturated heterocycles. The van der Waals surface area contributed by atoms with Gasteiger partial charge < -0.3 is 13.6 Å². The maximum Gasteiger partial charge on any atom is 0.497 e. The molecule has 0 rings (SSSR count). The molecule has 0 aliphatic carbocycles. The van der Waals surface area contributed by atoms with E-state index in [0.717, 1.165) is 6.42 Å². The summed E-state index contributed by atoms with van der Waals surface area (Å²) in [5.41, 5.74) is 0. The summed E-state index contributed by atoms with van der Waals surface area (Å²) in [5.74, 6) is 0.